The van der Waals surface area contributed by atoms with Gasteiger partial charge in [-0.2, -0.15) is 11.3 Å². The largest absolute Gasteiger partial charge is 0.367 e. The molecule has 2 rings (SSSR count). The Hall–Kier alpha value is -0.910. The van der Waals surface area contributed by atoms with Gasteiger partial charge in [-0.25, -0.2) is 0 Å². The normalized spacial score (nSPS) is 24.2. The Balaban J connectivity index is 1.98. The van der Waals surface area contributed by atoms with Gasteiger partial charge in [-0.05, 0) is 42.3 Å². The zero-order valence-corrected chi connectivity index (χ0v) is 11.5. The summed E-state index contributed by atoms with van der Waals surface area (Å²) in [7, 11) is 0. The average molecular weight is 268 g/mol. The van der Waals surface area contributed by atoms with E-state index in [9.17, 15) is 4.79 Å². The number of ether oxygens (including phenoxy) is 1. The maximum atomic E-state index is 12.0. The Kier molecular flexibility index (Phi) is 4.74. The minimum absolute atomic E-state index is 0.0156. The van der Waals surface area contributed by atoms with Gasteiger partial charge < -0.3 is 15.4 Å². The fraction of sp³-hybridized carbons (Fsp3) is 0.615. The zero-order chi connectivity index (χ0) is 13.0. The molecule has 2 atom stereocenters. The average Bonchev–Trinajstić information content (AvgIpc) is 2.89. The Morgan fingerprint density at radius 2 is 2.44 bits per heavy atom. The summed E-state index contributed by atoms with van der Waals surface area (Å²) >= 11 is 1.66. The molecule has 0 aliphatic carbocycles. The fourth-order valence-corrected chi connectivity index (χ4v) is 2.91. The summed E-state index contributed by atoms with van der Waals surface area (Å²) in [4.78, 5) is 13.9. The standard InChI is InChI=1S/C13H20N2O2S/c1-10-7-15(13(16)3-2-5-14)8-12(17-10)11-4-6-18-9-11/h4,6,9-10,12H,2-3,5,7-8,14H2,1H3. The lowest BCUT2D eigenvalue weighted by Crippen LogP contribution is -2.45. The molecule has 0 bridgehead atoms. The highest BCUT2D eigenvalue weighted by Crippen LogP contribution is 2.27. The van der Waals surface area contributed by atoms with E-state index in [1.807, 2.05) is 17.2 Å². The van der Waals surface area contributed by atoms with Gasteiger partial charge in [0.05, 0.1) is 12.6 Å². The summed E-state index contributed by atoms with van der Waals surface area (Å²) < 4.78 is 5.90. The monoisotopic (exact) mass is 268 g/mol. The van der Waals surface area contributed by atoms with E-state index in [-0.39, 0.29) is 18.1 Å². The van der Waals surface area contributed by atoms with Crippen molar-refractivity contribution in [3.63, 3.8) is 0 Å². The number of amides is 1. The van der Waals surface area contributed by atoms with Crippen LogP contribution in [-0.4, -0.2) is 36.5 Å². The first kappa shape index (κ1) is 13.5. The van der Waals surface area contributed by atoms with Crippen LogP contribution < -0.4 is 5.73 Å². The molecule has 4 nitrogen and oxygen atoms in total. The lowest BCUT2D eigenvalue weighted by atomic mass is 10.1. The number of nitrogens with zero attached hydrogens (tertiary/aromatic N) is 1. The van der Waals surface area contributed by atoms with Gasteiger partial charge in [0.15, 0.2) is 0 Å². The Labute approximate surface area is 112 Å². The summed E-state index contributed by atoms with van der Waals surface area (Å²) in [5.74, 6) is 0.191. The lowest BCUT2D eigenvalue weighted by Gasteiger charge is -2.36. The van der Waals surface area contributed by atoms with Crippen LogP contribution in [0.5, 0.6) is 0 Å². The molecule has 1 aromatic heterocycles. The van der Waals surface area contributed by atoms with Crippen molar-refractivity contribution in [1.82, 2.24) is 4.90 Å². The molecule has 0 saturated carbocycles. The number of nitrogens with two attached hydrogens (primary N) is 1. The third kappa shape index (κ3) is 3.31. The number of hydrogen-bond donors (Lipinski definition) is 1. The van der Waals surface area contributed by atoms with Crippen LogP contribution in [0.25, 0.3) is 0 Å². The van der Waals surface area contributed by atoms with Gasteiger partial charge in [0.25, 0.3) is 0 Å². The van der Waals surface area contributed by atoms with Gasteiger partial charge in [0.2, 0.25) is 5.91 Å². The van der Waals surface area contributed by atoms with Gasteiger partial charge >= 0.3 is 0 Å². The Morgan fingerprint density at radius 3 is 3.11 bits per heavy atom. The van der Waals surface area contributed by atoms with Gasteiger partial charge in [0.1, 0.15) is 6.10 Å². The molecule has 0 radical (unpaired) electrons. The van der Waals surface area contributed by atoms with E-state index in [0.717, 1.165) is 6.42 Å². The smallest absolute Gasteiger partial charge is 0.222 e. The molecule has 1 saturated heterocycles. The first-order chi connectivity index (χ1) is 8.70. The van der Waals surface area contributed by atoms with Crippen molar-refractivity contribution in [1.29, 1.82) is 0 Å². The molecule has 5 heteroatoms. The second-order valence-electron chi connectivity index (χ2n) is 4.68. The maximum absolute atomic E-state index is 12.0. The van der Waals surface area contributed by atoms with E-state index in [2.05, 4.69) is 11.4 Å². The number of hydrogen-bond acceptors (Lipinski definition) is 4. The minimum atomic E-state index is 0.0156. The molecule has 1 amide bonds. The second-order valence-corrected chi connectivity index (χ2v) is 5.46. The maximum Gasteiger partial charge on any atom is 0.222 e. The predicted octanol–water partition coefficient (Wildman–Crippen LogP) is 1.78. The highest BCUT2D eigenvalue weighted by atomic mass is 32.1. The summed E-state index contributed by atoms with van der Waals surface area (Å²) in [5.41, 5.74) is 6.61. The number of rotatable bonds is 4. The van der Waals surface area contributed by atoms with Gasteiger partial charge in [0, 0.05) is 13.0 Å². The van der Waals surface area contributed by atoms with Crippen molar-refractivity contribution in [2.75, 3.05) is 19.6 Å². The first-order valence-electron chi connectivity index (χ1n) is 6.36. The first-order valence-corrected chi connectivity index (χ1v) is 7.30. The second kappa shape index (κ2) is 6.31. The molecule has 2 unspecified atom stereocenters. The van der Waals surface area contributed by atoms with E-state index in [4.69, 9.17) is 10.5 Å². The van der Waals surface area contributed by atoms with Crippen LogP contribution in [0.15, 0.2) is 16.8 Å². The van der Waals surface area contributed by atoms with Crippen LogP contribution in [0.1, 0.15) is 31.4 Å². The van der Waals surface area contributed by atoms with E-state index >= 15 is 0 Å². The molecule has 100 valence electrons. The van der Waals surface area contributed by atoms with Crippen LogP contribution in [-0.2, 0) is 9.53 Å². The van der Waals surface area contributed by atoms with Gasteiger partial charge in [-0.3, -0.25) is 4.79 Å². The van der Waals surface area contributed by atoms with Gasteiger partial charge in [-0.15, -0.1) is 0 Å². The quantitative estimate of drug-likeness (QED) is 0.905. The van der Waals surface area contributed by atoms with Gasteiger partial charge in [-0.1, -0.05) is 0 Å². The van der Waals surface area contributed by atoms with Crippen LogP contribution in [0.3, 0.4) is 0 Å². The molecule has 1 aliphatic heterocycles. The van der Waals surface area contributed by atoms with Crippen molar-refractivity contribution < 1.29 is 9.53 Å². The fourth-order valence-electron chi connectivity index (χ4n) is 2.21. The topological polar surface area (TPSA) is 55.6 Å². The highest BCUT2D eigenvalue weighted by molar-refractivity contribution is 7.07. The molecule has 0 spiro atoms. The van der Waals surface area contributed by atoms with Crippen molar-refractivity contribution in [3.8, 4) is 0 Å². The lowest BCUT2D eigenvalue weighted by molar-refractivity contribution is -0.144. The molecule has 2 N–H and O–H groups in total. The highest BCUT2D eigenvalue weighted by Gasteiger charge is 2.29. The molecular weight excluding hydrogens is 248 g/mol. The molecule has 1 aromatic rings. The molecular formula is C13H20N2O2S. The molecule has 2 heterocycles. The predicted molar refractivity (Wildman–Crippen MR) is 72.5 cm³/mol. The van der Waals surface area contributed by atoms with Crippen molar-refractivity contribution in [2.24, 2.45) is 5.73 Å². The Bertz CT molecular complexity index is 380. The molecule has 1 fully saturated rings. The molecule has 1 aliphatic rings. The molecule has 0 aromatic carbocycles. The number of thiophene rings is 1. The third-order valence-corrected chi connectivity index (χ3v) is 3.82. The van der Waals surface area contributed by atoms with Crippen LogP contribution in [0.2, 0.25) is 0 Å². The summed E-state index contributed by atoms with van der Waals surface area (Å²) in [6.07, 6.45) is 1.40. The van der Waals surface area contributed by atoms with Crippen LogP contribution in [0.4, 0.5) is 0 Å². The third-order valence-electron chi connectivity index (χ3n) is 3.12. The minimum Gasteiger partial charge on any atom is -0.367 e. The summed E-state index contributed by atoms with van der Waals surface area (Å²) in [6.45, 7) is 3.93. The van der Waals surface area contributed by atoms with E-state index < -0.39 is 0 Å². The Morgan fingerprint density at radius 1 is 1.61 bits per heavy atom. The summed E-state index contributed by atoms with van der Waals surface area (Å²) in [5, 5.41) is 4.13. The van der Waals surface area contributed by atoms with Crippen molar-refractivity contribution in [3.05, 3.63) is 22.4 Å². The van der Waals surface area contributed by atoms with Crippen molar-refractivity contribution >= 4 is 17.2 Å². The van der Waals surface area contributed by atoms with E-state index in [1.165, 1.54) is 5.56 Å². The summed E-state index contributed by atoms with van der Waals surface area (Å²) in [6, 6.07) is 2.07. The number of carbonyl (C=O) groups excluding carboxylic acids is 1. The molecule has 18 heavy (non-hydrogen) atoms. The number of carbonyl (C=O) groups is 1. The number of morpholine rings is 1. The SMILES string of the molecule is CC1CN(C(=O)CCCN)CC(c2ccsc2)O1. The van der Waals surface area contributed by atoms with E-state index in [1.54, 1.807) is 11.3 Å². The van der Waals surface area contributed by atoms with E-state index in [0.29, 0.717) is 26.1 Å². The van der Waals surface area contributed by atoms with Crippen molar-refractivity contribution in [2.45, 2.75) is 32.0 Å². The van der Waals surface area contributed by atoms with Crippen LogP contribution >= 0.6 is 11.3 Å². The van der Waals surface area contributed by atoms with Crippen LogP contribution in [0, 0.1) is 0 Å². The zero-order valence-electron chi connectivity index (χ0n) is 10.7.